The van der Waals surface area contributed by atoms with Crippen LogP contribution in [0.3, 0.4) is 0 Å². The van der Waals surface area contributed by atoms with Crippen molar-refractivity contribution in [2.45, 2.75) is 45.1 Å². The third-order valence-corrected chi connectivity index (χ3v) is 4.81. The summed E-state index contributed by atoms with van der Waals surface area (Å²) in [6, 6.07) is 14.4. The van der Waals surface area contributed by atoms with Crippen LogP contribution in [0.2, 0.25) is 0 Å². The van der Waals surface area contributed by atoms with Crippen LogP contribution in [0.1, 0.15) is 49.1 Å². The summed E-state index contributed by atoms with van der Waals surface area (Å²) < 4.78 is 0. The average molecular weight is 308 g/mol. The molecule has 1 aliphatic rings. The highest BCUT2D eigenvalue weighted by atomic mass is 16.2. The van der Waals surface area contributed by atoms with Crippen LogP contribution in [0.4, 0.5) is 5.69 Å². The van der Waals surface area contributed by atoms with Gasteiger partial charge in [-0.05, 0) is 48.9 Å². The Balaban J connectivity index is 2.03. The molecule has 120 valence electrons. The maximum absolute atomic E-state index is 12.3. The first-order valence-electron chi connectivity index (χ1n) is 8.21. The highest BCUT2D eigenvalue weighted by Crippen LogP contribution is 2.42. The van der Waals surface area contributed by atoms with Gasteiger partial charge in [0.05, 0.1) is 5.41 Å². The Labute approximate surface area is 137 Å². The lowest BCUT2D eigenvalue weighted by Crippen LogP contribution is -2.26. The normalized spacial score (nSPS) is 16.8. The summed E-state index contributed by atoms with van der Waals surface area (Å²) in [4.78, 5) is 12.3. The van der Waals surface area contributed by atoms with Crippen LogP contribution in [0.25, 0.3) is 0 Å². The summed E-state index contributed by atoms with van der Waals surface area (Å²) in [5.41, 5.74) is 11.5. The molecular formula is C20H24N2O. The van der Waals surface area contributed by atoms with E-state index in [2.05, 4.69) is 36.5 Å². The fourth-order valence-electron chi connectivity index (χ4n) is 3.23. The molecule has 0 saturated heterocycles. The van der Waals surface area contributed by atoms with E-state index in [0.29, 0.717) is 0 Å². The van der Waals surface area contributed by atoms with Crippen molar-refractivity contribution in [2.75, 3.05) is 5.32 Å². The van der Waals surface area contributed by atoms with Gasteiger partial charge in [-0.15, -0.1) is 0 Å². The molecule has 2 aromatic carbocycles. The van der Waals surface area contributed by atoms with Gasteiger partial charge in [-0.25, -0.2) is 0 Å². The molecule has 23 heavy (non-hydrogen) atoms. The Morgan fingerprint density at radius 1 is 1.13 bits per heavy atom. The summed E-state index contributed by atoms with van der Waals surface area (Å²) in [7, 11) is 0. The second kappa shape index (κ2) is 5.82. The molecule has 0 aromatic heterocycles. The fraction of sp³-hybridized carbons (Fsp3) is 0.350. The monoisotopic (exact) mass is 308 g/mol. The number of hydrogen-bond donors (Lipinski definition) is 2. The van der Waals surface area contributed by atoms with Crippen LogP contribution in [0, 0.1) is 0 Å². The molecule has 1 aliphatic heterocycles. The highest BCUT2D eigenvalue weighted by molar-refractivity contribution is 6.06. The molecule has 1 amide bonds. The molecule has 1 unspecified atom stereocenters. The number of amides is 1. The summed E-state index contributed by atoms with van der Waals surface area (Å²) in [5, 5.41) is 3.06. The largest absolute Gasteiger partial charge is 0.325 e. The smallest absolute Gasteiger partial charge is 0.234 e. The van der Waals surface area contributed by atoms with Crippen molar-refractivity contribution >= 4 is 11.6 Å². The lowest BCUT2D eigenvalue weighted by Gasteiger charge is -2.20. The predicted octanol–water partition coefficient (Wildman–Crippen LogP) is 3.72. The van der Waals surface area contributed by atoms with Gasteiger partial charge in [0.1, 0.15) is 0 Å². The molecule has 0 radical (unpaired) electrons. The zero-order valence-electron chi connectivity index (χ0n) is 14.0. The fourth-order valence-corrected chi connectivity index (χ4v) is 3.23. The zero-order chi connectivity index (χ0) is 16.6. The van der Waals surface area contributed by atoms with E-state index < -0.39 is 5.41 Å². The topological polar surface area (TPSA) is 55.1 Å². The van der Waals surface area contributed by atoms with Crippen LogP contribution < -0.4 is 11.1 Å². The van der Waals surface area contributed by atoms with E-state index in [4.69, 9.17) is 5.73 Å². The van der Waals surface area contributed by atoms with Gasteiger partial charge in [0.25, 0.3) is 0 Å². The van der Waals surface area contributed by atoms with Crippen molar-refractivity contribution < 1.29 is 4.79 Å². The van der Waals surface area contributed by atoms with Gasteiger partial charge in [-0.2, -0.15) is 0 Å². The van der Waals surface area contributed by atoms with Crippen molar-refractivity contribution in [3.8, 4) is 0 Å². The zero-order valence-corrected chi connectivity index (χ0v) is 14.0. The minimum atomic E-state index is -0.498. The van der Waals surface area contributed by atoms with Gasteiger partial charge < -0.3 is 11.1 Å². The first-order valence-corrected chi connectivity index (χ1v) is 8.21. The van der Waals surface area contributed by atoms with E-state index in [0.717, 1.165) is 29.7 Å². The minimum absolute atomic E-state index is 0.0499. The predicted molar refractivity (Wildman–Crippen MR) is 94.6 cm³/mol. The summed E-state index contributed by atoms with van der Waals surface area (Å²) in [6.07, 6.45) is 1.69. The third-order valence-electron chi connectivity index (χ3n) is 4.81. The van der Waals surface area contributed by atoms with Gasteiger partial charge in [0.15, 0.2) is 0 Å². The minimum Gasteiger partial charge on any atom is -0.325 e. The number of anilines is 1. The van der Waals surface area contributed by atoms with Gasteiger partial charge in [0, 0.05) is 11.7 Å². The molecule has 0 bridgehead atoms. The lowest BCUT2D eigenvalue weighted by molar-refractivity contribution is -0.119. The average Bonchev–Trinajstić information content (AvgIpc) is 2.77. The summed E-state index contributed by atoms with van der Waals surface area (Å²) >= 11 is 0. The van der Waals surface area contributed by atoms with Gasteiger partial charge >= 0.3 is 0 Å². The number of rotatable bonds is 4. The molecule has 3 rings (SSSR count). The van der Waals surface area contributed by atoms with Crippen molar-refractivity contribution in [3.63, 3.8) is 0 Å². The molecule has 3 nitrogen and oxygen atoms in total. The SMILES string of the molecule is CCc1cc(C(N)Cc2ccccc2)c2c(c1)C(C)(C)C(=O)N2. The molecule has 3 heteroatoms. The highest BCUT2D eigenvalue weighted by Gasteiger charge is 2.40. The maximum Gasteiger partial charge on any atom is 0.234 e. The molecule has 1 heterocycles. The Morgan fingerprint density at radius 2 is 1.83 bits per heavy atom. The van der Waals surface area contributed by atoms with E-state index in [1.54, 1.807) is 0 Å². The van der Waals surface area contributed by atoms with E-state index >= 15 is 0 Å². The van der Waals surface area contributed by atoms with Crippen molar-refractivity contribution in [3.05, 3.63) is 64.7 Å². The molecule has 0 aliphatic carbocycles. The molecule has 0 spiro atoms. The molecule has 1 atom stereocenters. The summed E-state index contributed by atoms with van der Waals surface area (Å²) in [6.45, 7) is 6.08. The first kappa shape index (κ1) is 15.8. The van der Waals surface area contributed by atoms with E-state index in [1.807, 2.05) is 32.0 Å². The van der Waals surface area contributed by atoms with E-state index in [9.17, 15) is 4.79 Å². The number of nitrogens with two attached hydrogens (primary N) is 1. The van der Waals surface area contributed by atoms with Crippen LogP contribution in [-0.4, -0.2) is 5.91 Å². The quantitative estimate of drug-likeness (QED) is 0.904. The maximum atomic E-state index is 12.3. The van der Waals surface area contributed by atoms with Crippen LogP contribution in [-0.2, 0) is 23.1 Å². The van der Waals surface area contributed by atoms with Crippen molar-refractivity contribution in [1.29, 1.82) is 0 Å². The second-order valence-corrected chi connectivity index (χ2v) is 6.84. The van der Waals surface area contributed by atoms with Crippen LogP contribution in [0.15, 0.2) is 42.5 Å². The third kappa shape index (κ3) is 2.77. The number of carbonyl (C=O) groups is 1. The number of aryl methyl sites for hydroxylation is 1. The molecule has 0 fully saturated rings. The molecule has 2 aromatic rings. The number of carbonyl (C=O) groups excluding carboxylic acids is 1. The Morgan fingerprint density at radius 3 is 2.48 bits per heavy atom. The molecular weight excluding hydrogens is 284 g/mol. The van der Waals surface area contributed by atoms with Crippen LogP contribution in [0.5, 0.6) is 0 Å². The van der Waals surface area contributed by atoms with Crippen molar-refractivity contribution in [1.82, 2.24) is 0 Å². The molecule has 0 saturated carbocycles. The number of benzene rings is 2. The number of nitrogens with one attached hydrogen (secondary N) is 1. The Bertz CT molecular complexity index is 735. The Kier molecular flexibility index (Phi) is 3.99. The second-order valence-electron chi connectivity index (χ2n) is 6.84. The van der Waals surface area contributed by atoms with Crippen LogP contribution >= 0.6 is 0 Å². The van der Waals surface area contributed by atoms with Gasteiger partial charge in [-0.1, -0.05) is 49.4 Å². The number of fused-ring (bicyclic) bond motifs is 1. The number of hydrogen-bond acceptors (Lipinski definition) is 2. The van der Waals surface area contributed by atoms with Gasteiger partial charge in [-0.3, -0.25) is 4.79 Å². The summed E-state index contributed by atoms with van der Waals surface area (Å²) in [5.74, 6) is 0.0499. The van der Waals surface area contributed by atoms with Gasteiger partial charge in [0.2, 0.25) is 5.91 Å². The standard InChI is InChI=1S/C20H24N2O/c1-4-13-10-15(17(21)12-14-8-6-5-7-9-14)18-16(11-13)20(2,3)19(23)22-18/h5-11,17H,4,12,21H2,1-3H3,(H,22,23). The first-order chi connectivity index (χ1) is 10.9. The molecule has 3 N–H and O–H groups in total. The van der Waals surface area contributed by atoms with Crippen molar-refractivity contribution in [2.24, 2.45) is 5.73 Å². The van der Waals surface area contributed by atoms with E-state index in [1.165, 1.54) is 11.1 Å². The lowest BCUT2D eigenvalue weighted by atomic mass is 9.83. The Hall–Kier alpha value is -2.13. The van der Waals surface area contributed by atoms with E-state index in [-0.39, 0.29) is 11.9 Å².